The van der Waals surface area contributed by atoms with Crippen LogP contribution in [0.4, 0.5) is 0 Å². The Morgan fingerprint density at radius 1 is 1.03 bits per heavy atom. The fraction of sp³-hybridized carbons (Fsp3) is 0.217. The predicted molar refractivity (Wildman–Crippen MR) is 113 cm³/mol. The van der Waals surface area contributed by atoms with Crippen LogP contribution >= 0.6 is 0 Å². The average molecular weight is 387 g/mol. The highest BCUT2D eigenvalue weighted by Gasteiger charge is 2.09. The molecule has 1 heterocycles. The molecular formula is C23H22BNO4. The van der Waals surface area contributed by atoms with E-state index in [4.69, 9.17) is 17.3 Å². The van der Waals surface area contributed by atoms with Crippen molar-refractivity contribution in [2.24, 2.45) is 0 Å². The summed E-state index contributed by atoms with van der Waals surface area (Å²) in [6.07, 6.45) is 1.57. The molecule has 3 aromatic rings. The molecule has 0 saturated heterocycles. The standard InChI is InChI=1S/C23H22BNO4/c1-16(24)18-5-7-19(8-6-18)22(26)14-25-12-11-21(13-23(25)27)29-15-17-3-9-20(28-2)10-4-17/h3-13,16H,14-15H2,1-2H3. The number of nitrogens with zero attached hydrogens (tertiary/aromatic N) is 1. The monoisotopic (exact) mass is 387 g/mol. The van der Waals surface area contributed by atoms with E-state index in [-0.39, 0.29) is 23.7 Å². The summed E-state index contributed by atoms with van der Waals surface area (Å²) >= 11 is 0. The second kappa shape index (κ2) is 9.28. The van der Waals surface area contributed by atoms with Gasteiger partial charge >= 0.3 is 0 Å². The third kappa shape index (κ3) is 5.38. The zero-order chi connectivity index (χ0) is 20.8. The lowest BCUT2D eigenvalue weighted by molar-refractivity contribution is 0.0970. The molecule has 1 atom stereocenters. The number of hydrogen-bond donors (Lipinski definition) is 0. The second-order valence-corrected chi connectivity index (χ2v) is 6.80. The van der Waals surface area contributed by atoms with Crippen molar-refractivity contribution in [3.63, 3.8) is 0 Å². The van der Waals surface area contributed by atoms with Gasteiger partial charge in [0, 0.05) is 17.8 Å². The summed E-state index contributed by atoms with van der Waals surface area (Å²) in [5.74, 6) is 0.992. The first-order valence-electron chi connectivity index (χ1n) is 9.31. The molecule has 2 radical (unpaired) electrons. The quantitative estimate of drug-likeness (QED) is 0.438. The number of methoxy groups -OCH3 is 1. The SMILES string of the molecule is [B]C(C)c1ccc(C(=O)Cn2ccc(OCc3ccc(OC)cc3)cc2=O)cc1. The van der Waals surface area contributed by atoms with E-state index in [1.807, 2.05) is 43.3 Å². The van der Waals surface area contributed by atoms with Gasteiger partial charge in [0.1, 0.15) is 18.1 Å². The number of carbonyl (C=O) groups is 1. The molecule has 29 heavy (non-hydrogen) atoms. The number of benzene rings is 2. The van der Waals surface area contributed by atoms with Crippen LogP contribution in [0, 0.1) is 0 Å². The van der Waals surface area contributed by atoms with E-state index < -0.39 is 0 Å². The van der Waals surface area contributed by atoms with Crippen LogP contribution in [0.3, 0.4) is 0 Å². The van der Waals surface area contributed by atoms with E-state index in [9.17, 15) is 9.59 Å². The summed E-state index contributed by atoms with van der Waals surface area (Å²) in [5, 5.41) is 0. The Morgan fingerprint density at radius 2 is 1.72 bits per heavy atom. The molecule has 1 unspecified atom stereocenters. The smallest absolute Gasteiger partial charge is 0.254 e. The van der Waals surface area contributed by atoms with Crippen LogP contribution in [0.1, 0.15) is 34.2 Å². The second-order valence-electron chi connectivity index (χ2n) is 6.80. The molecule has 5 nitrogen and oxygen atoms in total. The Labute approximate surface area is 171 Å². The number of Topliss-reactive ketones (excluding diaryl/α,β-unsaturated/α-hetero) is 1. The minimum absolute atomic E-state index is 0.0326. The molecule has 0 fully saturated rings. The summed E-state index contributed by atoms with van der Waals surface area (Å²) in [7, 11) is 7.44. The van der Waals surface area contributed by atoms with Crippen LogP contribution < -0.4 is 15.0 Å². The van der Waals surface area contributed by atoms with Gasteiger partial charge in [0.2, 0.25) is 0 Å². The first-order chi connectivity index (χ1) is 14.0. The summed E-state index contributed by atoms with van der Waals surface area (Å²) < 4.78 is 12.2. The van der Waals surface area contributed by atoms with Crippen molar-refractivity contribution >= 4 is 13.6 Å². The van der Waals surface area contributed by atoms with Gasteiger partial charge in [-0.1, -0.05) is 54.7 Å². The lowest BCUT2D eigenvalue weighted by atomic mass is 9.83. The normalized spacial score (nSPS) is 11.7. The van der Waals surface area contributed by atoms with Crippen molar-refractivity contribution in [1.29, 1.82) is 0 Å². The van der Waals surface area contributed by atoms with Crippen LogP contribution in [-0.2, 0) is 13.2 Å². The van der Waals surface area contributed by atoms with Crippen molar-refractivity contribution < 1.29 is 14.3 Å². The van der Waals surface area contributed by atoms with E-state index in [1.165, 1.54) is 10.6 Å². The molecule has 0 aliphatic rings. The van der Waals surface area contributed by atoms with Crippen LogP contribution in [0.5, 0.6) is 11.5 Å². The Morgan fingerprint density at radius 3 is 2.31 bits per heavy atom. The third-order valence-electron chi connectivity index (χ3n) is 4.60. The van der Waals surface area contributed by atoms with Crippen LogP contribution in [0.25, 0.3) is 0 Å². The average Bonchev–Trinajstić information content (AvgIpc) is 2.74. The van der Waals surface area contributed by atoms with E-state index in [1.54, 1.807) is 31.5 Å². The molecule has 1 aromatic heterocycles. The fourth-order valence-corrected chi connectivity index (χ4v) is 2.82. The first-order valence-corrected chi connectivity index (χ1v) is 9.31. The van der Waals surface area contributed by atoms with Crippen LogP contribution in [-0.4, -0.2) is 25.3 Å². The number of ketones is 1. The molecule has 0 spiro atoms. The Bertz CT molecular complexity index is 1020. The number of ether oxygens (including phenoxy) is 2. The van der Waals surface area contributed by atoms with Gasteiger partial charge in [-0.25, -0.2) is 0 Å². The molecule has 6 heteroatoms. The minimum Gasteiger partial charge on any atom is -0.497 e. The maximum atomic E-state index is 12.5. The number of carbonyl (C=O) groups excluding carboxylic acids is 1. The molecule has 0 bridgehead atoms. The van der Waals surface area contributed by atoms with Crippen molar-refractivity contribution in [3.05, 3.63) is 93.9 Å². The van der Waals surface area contributed by atoms with Crippen molar-refractivity contribution in [2.45, 2.75) is 25.9 Å². The van der Waals surface area contributed by atoms with Gasteiger partial charge in [0.25, 0.3) is 5.56 Å². The maximum Gasteiger partial charge on any atom is 0.254 e. The molecule has 3 rings (SSSR count). The van der Waals surface area contributed by atoms with Gasteiger partial charge in [-0.05, 0) is 23.8 Å². The summed E-state index contributed by atoms with van der Waals surface area (Å²) in [4.78, 5) is 24.8. The number of aromatic nitrogens is 1. The fourth-order valence-electron chi connectivity index (χ4n) is 2.82. The van der Waals surface area contributed by atoms with Crippen molar-refractivity contribution in [1.82, 2.24) is 4.57 Å². The lowest BCUT2D eigenvalue weighted by Crippen LogP contribution is -2.23. The Hall–Kier alpha value is -3.28. The van der Waals surface area contributed by atoms with Gasteiger partial charge < -0.3 is 14.0 Å². The van der Waals surface area contributed by atoms with Crippen LogP contribution in [0.2, 0.25) is 0 Å². The Balaban J connectivity index is 1.62. The highest BCUT2D eigenvalue weighted by atomic mass is 16.5. The van der Waals surface area contributed by atoms with Crippen molar-refractivity contribution in [3.8, 4) is 11.5 Å². The highest BCUT2D eigenvalue weighted by molar-refractivity contribution is 6.12. The largest absolute Gasteiger partial charge is 0.497 e. The maximum absolute atomic E-state index is 12.5. The first kappa shape index (κ1) is 20.5. The van der Waals surface area contributed by atoms with Gasteiger partial charge in [-0.15, -0.1) is 0 Å². The van der Waals surface area contributed by atoms with Gasteiger partial charge in [0.05, 0.1) is 21.5 Å². The zero-order valence-corrected chi connectivity index (χ0v) is 16.5. The van der Waals surface area contributed by atoms with Crippen molar-refractivity contribution in [2.75, 3.05) is 7.11 Å². The number of hydrogen-bond acceptors (Lipinski definition) is 4. The molecule has 2 aromatic carbocycles. The van der Waals surface area contributed by atoms with E-state index in [0.29, 0.717) is 17.9 Å². The summed E-state index contributed by atoms with van der Waals surface area (Å²) in [6.45, 7) is 2.18. The predicted octanol–water partition coefficient (Wildman–Crippen LogP) is 3.55. The zero-order valence-electron chi connectivity index (χ0n) is 16.5. The van der Waals surface area contributed by atoms with Gasteiger partial charge in [-0.2, -0.15) is 0 Å². The molecular weight excluding hydrogens is 365 g/mol. The Kier molecular flexibility index (Phi) is 6.55. The minimum atomic E-state index is -0.294. The molecule has 0 saturated carbocycles. The van der Waals surface area contributed by atoms with E-state index in [2.05, 4.69) is 0 Å². The van der Waals surface area contributed by atoms with Crippen LogP contribution in [0.15, 0.2) is 71.7 Å². The third-order valence-corrected chi connectivity index (χ3v) is 4.60. The number of pyridine rings is 1. The van der Waals surface area contributed by atoms with E-state index >= 15 is 0 Å². The molecule has 0 amide bonds. The highest BCUT2D eigenvalue weighted by Crippen LogP contribution is 2.15. The van der Waals surface area contributed by atoms with Gasteiger partial charge in [0.15, 0.2) is 5.78 Å². The molecule has 0 aliphatic carbocycles. The lowest BCUT2D eigenvalue weighted by Gasteiger charge is -2.10. The molecule has 0 N–H and O–H groups in total. The van der Waals surface area contributed by atoms with Gasteiger partial charge in [-0.3, -0.25) is 9.59 Å². The topological polar surface area (TPSA) is 57.5 Å². The summed E-state index contributed by atoms with van der Waals surface area (Å²) in [6, 6.07) is 17.7. The summed E-state index contributed by atoms with van der Waals surface area (Å²) in [5.41, 5.74) is 2.16. The molecule has 146 valence electrons. The van der Waals surface area contributed by atoms with E-state index in [0.717, 1.165) is 16.9 Å². The number of rotatable bonds is 8. The molecule has 0 aliphatic heterocycles.